The fourth-order valence-corrected chi connectivity index (χ4v) is 6.79. The van der Waals surface area contributed by atoms with Gasteiger partial charge in [-0.3, -0.25) is 4.98 Å². The van der Waals surface area contributed by atoms with E-state index < -0.39 is 0 Å². The number of hydrogen-bond acceptors (Lipinski definition) is 1. The Labute approximate surface area is 198 Å². The Hall–Kier alpha value is -4.23. The summed E-state index contributed by atoms with van der Waals surface area (Å²) >= 11 is 0. The van der Waals surface area contributed by atoms with Crippen molar-refractivity contribution in [3.8, 4) is 22.3 Å². The van der Waals surface area contributed by atoms with Gasteiger partial charge in [-0.25, -0.2) is 0 Å². The van der Waals surface area contributed by atoms with Gasteiger partial charge < -0.3 is 0 Å². The summed E-state index contributed by atoms with van der Waals surface area (Å²) in [6.07, 6.45) is 1.93. The van der Waals surface area contributed by atoms with Crippen molar-refractivity contribution in [2.75, 3.05) is 0 Å². The zero-order valence-corrected chi connectivity index (χ0v) is 18.8. The Morgan fingerprint density at radius 1 is 0.559 bits per heavy atom. The Morgan fingerprint density at radius 2 is 1.21 bits per heavy atom. The van der Waals surface area contributed by atoms with Crippen LogP contribution in [0, 0.1) is 6.92 Å². The average Bonchev–Trinajstić information content (AvgIpc) is 3.36. The molecule has 1 spiro atoms. The number of hydrogen-bond donors (Lipinski definition) is 0. The smallest absolute Gasteiger partial charge is 0.0784 e. The van der Waals surface area contributed by atoms with Crippen molar-refractivity contribution >= 4 is 21.7 Å². The number of nitrogens with zero attached hydrogens (tertiary/aromatic N) is 1. The summed E-state index contributed by atoms with van der Waals surface area (Å²) in [5.41, 5.74) is 12.9. The van der Waals surface area contributed by atoms with Crippen LogP contribution in [0.15, 0.2) is 109 Å². The van der Waals surface area contributed by atoms with Gasteiger partial charge in [0.05, 0.1) is 10.9 Å². The van der Waals surface area contributed by atoms with E-state index in [1.165, 1.54) is 66.2 Å². The fourth-order valence-electron chi connectivity index (χ4n) is 6.79. The summed E-state index contributed by atoms with van der Waals surface area (Å²) < 4.78 is 0. The molecule has 0 amide bonds. The third-order valence-electron chi connectivity index (χ3n) is 7.95. The van der Waals surface area contributed by atoms with Crippen molar-refractivity contribution in [1.29, 1.82) is 0 Å². The van der Waals surface area contributed by atoms with Gasteiger partial charge in [-0.2, -0.15) is 0 Å². The molecular weight excluding hydrogens is 410 g/mol. The van der Waals surface area contributed by atoms with E-state index in [-0.39, 0.29) is 5.41 Å². The van der Waals surface area contributed by atoms with E-state index in [1.807, 2.05) is 6.20 Å². The maximum absolute atomic E-state index is 4.93. The highest BCUT2D eigenvalue weighted by Crippen LogP contribution is 2.65. The van der Waals surface area contributed by atoms with E-state index in [2.05, 4.69) is 110 Å². The van der Waals surface area contributed by atoms with Gasteiger partial charge >= 0.3 is 0 Å². The van der Waals surface area contributed by atoms with Crippen molar-refractivity contribution in [3.05, 3.63) is 137 Å². The van der Waals surface area contributed by atoms with Crippen LogP contribution in [0.2, 0.25) is 0 Å². The minimum Gasteiger partial charge on any atom is -0.256 e. The normalized spacial score (nSPS) is 17.1. The molecule has 1 unspecified atom stereocenters. The SMILES string of the molecule is Cc1ccc2c(c1)-c1ccccc1C21c2ccccc2-c2c1c1cccnc1c1ccccc21. The van der Waals surface area contributed by atoms with Crippen molar-refractivity contribution in [3.63, 3.8) is 0 Å². The molecule has 5 aromatic carbocycles. The third kappa shape index (κ3) is 1.96. The standard InChI is InChI=1S/C33H21N/c1-20-16-17-29-26(19-20)21-9-4-6-14-27(21)33(29)28-15-7-5-12-24(28)30-22-10-2-3-11-23(22)32-25(31(30)33)13-8-18-34-32/h2-19H,1H3. The first-order chi connectivity index (χ1) is 16.8. The lowest BCUT2D eigenvalue weighted by Gasteiger charge is -2.31. The van der Waals surface area contributed by atoms with Crippen LogP contribution in [0.4, 0.5) is 0 Å². The molecule has 6 aromatic rings. The summed E-state index contributed by atoms with van der Waals surface area (Å²) in [5, 5.41) is 3.75. The second-order valence-electron chi connectivity index (χ2n) is 9.59. The Balaban J connectivity index is 1.71. The molecule has 1 nitrogen and oxygen atoms in total. The summed E-state index contributed by atoms with van der Waals surface area (Å²) in [5.74, 6) is 0. The number of rotatable bonds is 0. The van der Waals surface area contributed by atoms with Gasteiger partial charge in [0, 0.05) is 17.0 Å². The zero-order valence-electron chi connectivity index (χ0n) is 18.8. The van der Waals surface area contributed by atoms with Gasteiger partial charge in [-0.1, -0.05) is 103 Å². The van der Waals surface area contributed by atoms with Gasteiger partial charge in [0.1, 0.15) is 0 Å². The van der Waals surface area contributed by atoms with Gasteiger partial charge in [0.25, 0.3) is 0 Å². The molecular formula is C33H21N. The predicted octanol–water partition coefficient (Wildman–Crippen LogP) is 8.04. The largest absolute Gasteiger partial charge is 0.256 e. The van der Waals surface area contributed by atoms with Crippen LogP contribution in [-0.4, -0.2) is 4.98 Å². The summed E-state index contributed by atoms with van der Waals surface area (Å²) in [4.78, 5) is 4.93. The molecule has 0 radical (unpaired) electrons. The number of aryl methyl sites for hydroxylation is 1. The fraction of sp³-hybridized carbons (Fsp3) is 0.0606. The molecule has 1 atom stereocenters. The summed E-state index contributed by atoms with van der Waals surface area (Å²) in [7, 11) is 0. The van der Waals surface area contributed by atoms with Crippen molar-refractivity contribution in [1.82, 2.24) is 4.98 Å². The van der Waals surface area contributed by atoms with Crippen molar-refractivity contribution in [2.24, 2.45) is 0 Å². The van der Waals surface area contributed by atoms with Crippen molar-refractivity contribution in [2.45, 2.75) is 12.3 Å². The molecule has 8 rings (SSSR count). The molecule has 34 heavy (non-hydrogen) atoms. The van der Waals surface area contributed by atoms with Crippen LogP contribution < -0.4 is 0 Å². The minimum atomic E-state index is -0.350. The van der Waals surface area contributed by atoms with E-state index in [1.54, 1.807) is 0 Å². The molecule has 0 saturated carbocycles. The molecule has 0 aliphatic heterocycles. The predicted molar refractivity (Wildman–Crippen MR) is 140 cm³/mol. The molecule has 1 heterocycles. The van der Waals surface area contributed by atoms with E-state index in [4.69, 9.17) is 4.98 Å². The molecule has 1 heteroatoms. The van der Waals surface area contributed by atoms with Gasteiger partial charge in [0.2, 0.25) is 0 Å². The van der Waals surface area contributed by atoms with E-state index in [0.29, 0.717) is 0 Å². The third-order valence-corrected chi connectivity index (χ3v) is 7.95. The highest BCUT2D eigenvalue weighted by Gasteiger charge is 2.52. The molecule has 0 N–H and O–H groups in total. The highest BCUT2D eigenvalue weighted by molar-refractivity contribution is 6.18. The van der Waals surface area contributed by atoms with Crippen LogP contribution in [0.3, 0.4) is 0 Å². The van der Waals surface area contributed by atoms with Gasteiger partial charge in [0.15, 0.2) is 0 Å². The Morgan fingerprint density at radius 3 is 2.06 bits per heavy atom. The number of aromatic nitrogens is 1. The quantitative estimate of drug-likeness (QED) is 0.221. The topological polar surface area (TPSA) is 12.9 Å². The first-order valence-electron chi connectivity index (χ1n) is 11.9. The number of benzene rings is 5. The Kier molecular flexibility index (Phi) is 3.33. The summed E-state index contributed by atoms with van der Waals surface area (Å²) in [6.45, 7) is 2.19. The molecule has 1 aromatic heterocycles. The van der Waals surface area contributed by atoms with Gasteiger partial charge in [-0.15, -0.1) is 0 Å². The van der Waals surface area contributed by atoms with E-state index in [0.717, 1.165) is 5.52 Å². The second-order valence-corrected chi connectivity index (χ2v) is 9.59. The second kappa shape index (κ2) is 6.21. The molecule has 0 bridgehead atoms. The van der Waals surface area contributed by atoms with E-state index in [9.17, 15) is 0 Å². The van der Waals surface area contributed by atoms with E-state index >= 15 is 0 Å². The molecule has 2 aliphatic carbocycles. The van der Waals surface area contributed by atoms with Crippen LogP contribution in [0.25, 0.3) is 43.9 Å². The summed E-state index contributed by atoms with van der Waals surface area (Å²) in [6, 6.07) is 38.2. The number of pyridine rings is 1. The maximum atomic E-state index is 4.93. The van der Waals surface area contributed by atoms with Crippen molar-refractivity contribution < 1.29 is 0 Å². The van der Waals surface area contributed by atoms with Crippen LogP contribution >= 0.6 is 0 Å². The van der Waals surface area contributed by atoms with Crippen LogP contribution in [-0.2, 0) is 5.41 Å². The van der Waals surface area contributed by atoms with Gasteiger partial charge in [-0.05, 0) is 62.9 Å². The lowest BCUT2D eigenvalue weighted by Crippen LogP contribution is -2.26. The lowest BCUT2D eigenvalue weighted by atomic mass is 9.69. The first kappa shape index (κ1) is 18.2. The monoisotopic (exact) mass is 431 g/mol. The molecule has 2 aliphatic rings. The lowest BCUT2D eigenvalue weighted by molar-refractivity contribution is 0.801. The van der Waals surface area contributed by atoms with Crippen LogP contribution in [0.5, 0.6) is 0 Å². The van der Waals surface area contributed by atoms with Crippen LogP contribution in [0.1, 0.15) is 27.8 Å². The highest BCUT2D eigenvalue weighted by atomic mass is 14.7. The minimum absolute atomic E-state index is 0.350. The maximum Gasteiger partial charge on any atom is 0.0784 e. The first-order valence-corrected chi connectivity index (χ1v) is 11.9. The number of fused-ring (bicyclic) bond motifs is 15. The molecule has 158 valence electrons. The Bertz CT molecular complexity index is 1830. The average molecular weight is 432 g/mol. The molecule has 0 saturated heterocycles. The molecule has 0 fully saturated rings. The zero-order chi connectivity index (χ0) is 22.4.